The van der Waals surface area contributed by atoms with Crippen LogP contribution < -0.4 is 5.32 Å². The summed E-state index contributed by atoms with van der Waals surface area (Å²) in [5.74, 6) is 0.0655. The van der Waals surface area contributed by atoms with E-state index in [-0.39, 0.29) is 24.1 Å². The first kappa shape index (κ1) is 16.0. The molecule has 1 N–H and O–H groups in total. The van der Waals surface area contributed by atoms with Crippen LogP contribution in [-0.4, -0.2) is 43.2 Å². The van der Waals surface area contributed by atoms with Crippen LogP contribution in [0.3, 0.4) is 0 Å². The van der Waals surface area contributed by atoms with Crippen molar-refractivity contribution in [2.24, 2.45) is 0 Å². The molecule has 1 amide bonds. The molecule has 1 heterocycles. The lowest BCUT2D eigenvalue weighted by molar-refractivity contribution is -0.126. The molecule has 1 aromatic rings. The first-order chi connectivity index (χ1) is 10.1. The van der Waals surface area contributed by atoms with Gasteiger partial charge in [-0.15, -0.1) is 0 Å². The number of amides is 1. The Morgan fingerprint density at radius 1 is 1.38 bits per heavy atom. The van der Waals surface area contributed by atoms with Crippen molar-refractivity contribution in [1.82, 2.24) is 10.2 Å². The summed E-state index contributed by atoms with van der Waals surface area (Å²) in [4.78, 5) is 14.4. The Hall–Kier alpha value is -1.39. The monoisotopic (exact) mass is 290 g/mol. The molecular weight excluding hydrogens is 264 g/mol. The summed E-state index contributed by atoms with van der Waals surface area (Å²) in [6.45, 7) is 5.52. The van der Waals surface area contributed by atoms with Crippen molar-refractivity contribution < 1.29 is 9.53 Å². The summed E-state index contributed by atoms with van der Waals surface area (Å²) in [7, 11) is 1.99. The van der Waals surface area contributed by atoms with Gasteiger partial charge in [-0.05, 0) is 39.3 Å². The molecule has 2 rings (SSSR count). The molecule has 1 fully saturated rings. The number of hydrogen-bond donors (Lipinski definition) is 1. The van der Waals surface area contributed by atoms with E-state index in [1.165, 1.54) is 5.56 Å². The van der Waals surface area contributed by atoms with Crippen molar-refractivity contribution in [1.29, 1.82) is 0 Å². The maximum Gasteiger partial charge on any atom is 0.237 e. The quantitative estimate of drug-likeness (QED) is 0.874. The van der Waals surface area contributed by atoms with Gasteiger partial charge in [0.05, 0.1) is 12.1 Å². The second-order valence-electron chi connectivity index (χ2n) is 5.81. The fourth-order valence-electron chi connectivity index (χ4n) is 2.65. The Bertz CT molecular complexity index is 443. The van der Waals surface area contributed by atoms with Crippen LogP contribution in [0.4, 0.5) is 0 Å². The molecule has 0 aromatic heterocycles. The minimum absolute atomic E-state index is 0.0655. The molecular formula is C17H26N2O2. The van der Waals surface area contributed by atoms with E-state index in [4.69, 9.17) is 4.74 Å². The smallest absolute Gasteiger partial charge is 0.237 e. The molecule has 0 aliphatic carbocycles. The predicted octanol–water partition coefficient (Wildman–Crippen LogP) is 2.36. The van der Waals surface area contributed by atoms with E-state index in [9.17, 15) is 4.79 Å². The first-order valence-corrected chi connectivity index (χ1v) is 7.75. The van der Waals surface area contributed by atoms with Crippen LogP contribution in [0.5, 0.6) is 0 Å². The SMILES string of the molecule is C[C@H](C(=O)NC[C@H]1CCCO1)N(C)[C@H](C)c1ccccc1. The summed E-state index contributed by atoms with van der Waals surface area (Å²) in [6.07, 6.45) is 2.34. The molecule has 3 atom stereocenters. The van der Waals surface area contributed by atoms with Crippen LogP contribution in [0, 0.1) is 0 Å². The molecule has 1 aliphatic rings. The number of nitrogens with one attached hydrogen (secondary N) is 1. The fourth-order valence-corrected chi connectivity index (χ4v) is 2.65. The maximum atomic E-state index is 12.3. The number of benzene rings is 1. The van der Waals surface area contributed by atoms with E-state index in [0.29, 0.717) is 6.54 Å². The van der Waals surface area contributed by atoms with Gasteiger partial charge in [0, 0.05) is 19.2 Å². The van der Waals surface area contributed by atoms with Gasteiger partial charge in [-0.25, -0.2) is 0 Å². The zero-order chi connectivity index (χ0) is 15.2. The first-order valence-electron chi connectivity index (χ1n) is 7.75. The normalized spacial score (nSPS) is 21.2. The molecule has 4 nitrogen and oxygen atoms in total. The molecule has 0 bridgehead atoms. The number of ether oxygens (including phenoxy) is 1. The van der Waals surface area contributed by atoms with Crippen LogP contribution in [0.15, 0.2) is 30.3 Å². The predicted molar refractivity (Wildman–Crippen MR) is 84.1 cm³/mol. The van der Waals surface area contributed by atoms with Gasteiger partial charge in [-0.1, -0.05) is 30.3 Å². The van der Waals surface area contributed by atoms with E-state index in [1.54, 1.807) is 0 Å². The van der Waals surface area contributed by atoms with E-state index in [1.807, 2.05) is 32.2 Å². The third-order valence-corrected chi connectivity index (χ3v) is 4.41. The highest BCUT2D eigenvalue weighted by Gasteiger charge is 2.24. The minimum Gasteiger partial charge on any atom is -0.376 e. The number of carbonyl (C=O) groups excluding carboxylic acids is 1. The van der Waals surface area contributed by atoms with Crippen molar-refractivity contribution in [2.45, 2.75) is 44.9 Å². The summed E-state index contributed by atoms with van der Waals surface area (Å²) >= 11 is 0. The average Bonchev–Trinajstić information content (AvgIpc) is 3.04. The van der Waals surface area contributed by atoms with Crippen LogP contribution in [0.1, 0.15) is 38.3 Å². The second-order valence-corrected chi connectivity index (χ2v) is 5.81. The molecule has 0 unspecified atom stereocenters. The molecule has 116 valence electrons. The number of rotatable bonds is 6. The Morgan fingerprint density at radius 2 is 2.10 bits per heavy atom. The molecule has 0 radical (unpaired) electrons. The summed E-state index contributed by atoms with van der Waals surface area (Å²) < 4.78 is 5.53. The van der Waals surface area contributed by atoms with Crippen LogP contribution in [0.25, 0.3) is 0 Å². The average molecular weight is 290 g/mol. The van der Waals surface area contributed by atoms with Gasteiger partial charge in [0.2, 0.25) is 5.91 Å². The highest BCUT2D eigenvalue weighted by Crippen LogP contribution is 2.20. The van der Waals surface area contributed by atoms with Gasteiger partial charge < -0.3 is 10.1 Å². The fraction of sp³-hybridized carbons (Fsp3) is 0.588. The van der Waals surface area contributed by atoms with E-state index >= 15 is 0 Å². The van der Waals surface area contributed by atoms with Gasteiger partial charge in [0.1, 0.15) is 0 Å². The zero-order valence-electron chi connectivity index (χ0n) is 13.2. The Balaban J connectivity index is 1.85. The zero-order valence-corrected chi connectivity index (χ0v) is 13.2. The maximum absolute atomic E-state index is 12.3. The topological polar surface area (TPSA) is 41.6 Å². The lowest BCUT2D eigenvalue weighted by Crippen LogP contribution is -2.46. The van der Waals surface area contributed by atoms with E-state index < -0.39 is 0 Å². The summed E-state index contributed by atoms with van der Waals surface area (Å²) in [5, 5.41) is 3.01. The standard InChI is InChI=1S/C17H26N2O2/c1-13(15-8-5-4-6-9-15)19(3)14(2)17(20)18-12-16-10-7-11-21-16/h4-6,8-9,13-14,16H,7,10-12H2,1-3H3,(H,18,20)/t13-,14-,16-/m1/s1. The highest BCUT2D eigenvalue weighted by molar-refractivity contribution is 5.81. The van der Waals surface area contributed by atoms with Gasteiger partial charge >= 0.3 is 0 Å². The summed E-state index contributed by atoms with van der Waals surface area (Å²) in [5.41, 5.74) is 1.22. The Labute approximate surface area is 127 Å². The van der Waals surface area contributed by atoms with Crippen LogP contribution in [0.2, 0.25) is 0 Å². The summed E-state index contributed by atoms with van der Waals surface area (Å²) in [6, 6.07) is 10.3. The second kappa shape index (κ2) is 7.57. The van der Waals surface area contributed by atoms with Crippen LogP contribution in [-0.2, 0) is 9.53 Å². The third-order valence-electron chi connectivity index (χ3n) is 4.41. The molecule has 0 saturated carbocycles. The molecule has 4 heteroatoms. The molecule has 1 saturated heterocycles. The van der Waals surface area contributed by atoms with Crippen molar-refractivity contribution in [3.8, 4) is 0 Å². The molecule has 0 spiro atoms. The lowest BCUT2D eigenvalue weighted by atomic mass is 10.1. The van der Waals surface area contributed by atoms with E-state index in [0.717, 1.165) is 19.4 Å². The molecule has 21 heavy (non-hydrogen) atoms. The Kier molecular flexibility index (Phi) is 5.76. The number of hydrogen-bond acceptors (Lipinski definition) is 3. The van der Waals surface area contributed by atoms with Crippen molar-refractivity contribution in [3.05, 3.63) is 35.9 Å². The third kappa shape index (κ3) is 4.29. The van der Waals surface area contributed by atoms with Crippen molar-refractivity contribution in [3.63, 3.8) is 0 Å². The lowest BCUT2D eigenvalue weighted by Gasteiger charge is -2.30. The Morgan fingerprint density at radius 3 is 2.71 bits per heavy atom. The minimum atomic E-state index is -0.165. The van der Waals surface area contributed by atoms with Crippen LogP contribution >= 0.6 is 0 Å². The van der Waals surface area contributed by atoms with Gasteiger partial charge in [0.25, 0.3) is 0 Å². The largest absolute Gasteiger partial charge is 0.376 e. The number of nitrogens with zero attached hydrogens (tertiary/aromatic N) is 1. The van der Waals surface area contributed by atoms with Gasteiger partial charge in [0.15, 0.2) is 0 Å². The number of likely N-dealkylation sites (N-methyl/N-ethyl adjacent to an activating group) is 1. The van der Waals surface area contributed by atoms with Gasteiger partial charge in [-0.2, -0.15) is 0 Å². The highest BCUT2D eigenvalue weighted by atomic mass is 16.5. The van der Waals surface area contributed by atoms with Gasteiger partial charge in [-0.3, -0.25) is 9.69 Å². The van der Waals surface area contributed by atoms with Crippen molar-refractivity contribution >= 4 is 5.91 Å². The molecule has 1 aromatic carbocycles. The number of carbonyl (C=O) groups is 1. The van der Waals surface area contributed by atoms with E-state index in [2.05, 4.69) is 29.3 Å². The molecule has 1 aliphatic heterocycles. The van der Waals surface area contributed by atoms with Crippen molar-refractivity contribution in [2.75, 3.05) is 20.2 Å².